The third kappa shape index (κ3) is 4.91. The maximum atomic E-state index is 8.43. The molecule has 0 amide bonds. The largest absolute Gasteiger partial charge is 0.409 e. The Kier molecular flexibility index (Phi) is 6.29. The fraction of sp³-hybridized carbons (Fsp3) is 0.917. The van der Waals surface area contributed by atoms with Crippen LogP contribution in [0.3, 0.4) is 0 Å². The maximum absolute atomic E-state index is 8.43. The number of nitrogens with zero attached hydrogens (tertiary/aromatic N) is 3. The van der Waals surface area contributed by atoms with Gasteiger partial charge in [0.05, 0.1) is 0 Å². The zero-order valence-electron chi connectivity index (χ0n) is 11.1. The smallest absolute Gasteiger partial charge is 0.139 e. The summed E-state index contributed by atoms with van der Waals surface area (Å²) >= 11 is 0. The molecule has 1 aliphatic heterocycles. The van der Waals surface area contributed by atoms with Crippen molar-refractivity contribution in [3.8, 4) is 0 Å². The third-order valence-corrected chi connectivity index (χ3v) is 3.62. The van der Waals surface area contributed by atoms with Crippen LogP contribution >= 0.6 is 0 Å². The standard InChI is InChI=1S/C12H26N4O/c1-3-11-10-16(9-8-15(11)2)7-5-4-6-12(13)14-17/h11,17H,3-10H2,1-2H3,(H2,13,14). The molecule has 17 heavy (non-hydrogen) atoms. The minimum atomic E-state index is 0.342. The van der Waals surface area contributed by atoms with E-state index < -0.39 is 0 Å². The molecular weight excluding hydrogens is 216 g/mol. The highest BCUT2D eigenvalue weighted by molar-refractivity contribution is 5.79. The molecule has 1 saturated heterocycles. The van der Waals surface area contributed by atoms with Crippen LogP contribution in [0.25, 0.3) is 0 Å². The molecule has 0 aliphatic carbocycles. The second-order valence-electron chi connectivity index (χ2n) is 4.89. The summed E-state index contributed by atoms with van der Waals surface area (Å²) in [6.07, 6.45) is 4.04. The third-order valence-electron chi connectivity index (χ3n) is 3.62. The second-order valence-corrected chi connectivity index (χ2v) is 4.89. The molecule has 1 aliphatic rings. The Hall–Kier alpha value is -0.810. The summed E-state index contributed by atoms with van der Waals surface area (Å²) in [7, 11) is 2.21. The van der Waals surface area contributed by atoms with E-state index in [0.29, 0.717) is 18.3 Å². The minimum absolute atomic E-state index is 0.342. The van der Waals surface area contributed by atoms with E-state index in [4.69, 9.17) is 10.9 Å². The quantitative estimate of drug-likeness (QED) is 0.239. The highest BCUT2D eigenvalue weighted by Crippen LogP contribution is 2.11. The number of unbranched alkanes of at least 4 members (excludes halogenated alkanes) is 1. The number of rotatable bonds is 6. The Morgan fingerprint density at radius 1 is 1.41 bits per heavy atom. The van der Waals surface area contributed by atoms with Gasteiger partial charge in [-0.1, -0.05) is 12.1 Å². The van der Waals surface area contributed by atoms with Crippen molar-refractivity contribution < 1.29 is 5.21 Å². The lowest BCUT2D eigenvalue weighted by Gasteiger charge is -2.39. The molecular formula is C12H26N4O. The van der Waals surface area contributed by atoms with E-state index >= 15 is 0 Å². The van der Waals surface area contributed by atoms with Crippen molar-refractivity contribution in [1.82, 2.24) is 9.80 Å². The first-order valence-electron chi connectivity index (χ1n) is 6.56. The molecule has 1 rings (SSSR count). The van der Waals surface area contributed by atoms with Crippen LogP contribution in [0.5, 0.6) is 0 Å². The fourth-order valence-electron chi connectivity index (χ4n) is 2.35. The highest BCUT2D eigenvalue weighted by atomic mass is 16.4. The first-order valence-corrected chi connectivity index (χ1v) is 6.56. The number of hydrogen-bond donors (Lipinski definition) is 2. The lowest BCUT2D eigenvalue weighted by molar-refractivity contribution is 0.0922. The molecule has 100 valence electrons. The molecule has 1 fully saturated rings. The van der Waals surface area contributed by atoms with Crippen LogP contribution in [0.4, 0.5) is 0 Å². The van der Waals surface area contributed by atoms with Crippen molar-refractivity contribution in [3.05, 3.63) is 0 Å². The Balaban J connectivity index is 2.15. The average molecular weight is 242 g/mol. The molecule has 0 bridgehead atoms. The Labute approximate surface area is 104 Å². The van der Waals surface area contributed by atoms with E-state index in [9.17, 15) is 0 Å². The molecule has 0 spiro atoms. The summed E-state index contributed by atoms with van der Waals surface area (Å²) in [5.41, 5.74) is 5.43. The number of nitrogens with two attached hydrogens (primary N) is 1. The summed E-state index contributed by atoms with van der Waals surface area (Å²) in [5.74, 6) is 0.342. The lowest BCUT2D eigenvalue weighted by atomic mass is 10.1. The van der Waals surface area contributed by atoms with Crippen molar-refractivity contribution in [2.45, 2.75) is 38.6 Å². The fourth-order valence-corrected chi connectivity index (χ4v) is 2.35. The van der Waals surface area contributed by atoms with Gasteiger partial charge in [-0.05, 0) is 32.9 Å². The van der Waals surface area contributed by atoms with Crippen molar-refractivity contribution in [1.29, 1.82) is 0 Å². The van der Waals surface area contributed by atoms with Crippen LogP contribution in [0.2, 0.25) is 0 Å². The van der Waals surface area contributed by atoms with Gasteiger partial charge in [0.25, 0.3) is 0 Å². The number of hydrogen-bond acceptors (Lipinski definition) is 4. The summed E-state index contributed by atoms with van der Waals surface area (Å²) in [6.45, 7) is 6.89. The van der Waals surface area contributed by atoms with Crippen LogP contribution in [-0.4, -0.2) is 60.1 Å². The summed E-state index contributed by atoms with van der Waals surface area (Å²) < 4.78 is 0. The number of piperazine rings is 1. The Morgan fingerprint density at radius 2 is 2.18 bits per heavy atom. The van der Waals surface area contributed by atoms with E-state index in [1.807, 2.05) is 0 Å². The lowest BCUT2D eigenvalue weighted by Crippen LogP contribution is -2.51. The van der Waals surface area contributed by atoms with Gasteiger partial charge < -0.3 is 20.7 Å². The van der Waals surface area contributed by atoms with E-state index in [2.05, 4.69) is 28.9 Å². The first kappa shape index (κ1) is 14.3. The summed E-state index contributed by atoms with van der Waals surface area (Å²) in [6, 6.07) is 0.702. The van der Waals surface area contributed by atoms with Gasteiger partial charge >= 0.3 is 0 Å². The van der Waals surface area contributed by atoms with Gasteiger partial charge in [-0.15, -0.1) is 0 Å². The van der Waals surface area contributed by atoms with Gasteiger partial charge in [-0.25, -0.2) is 0 Å². The van der Waals surface area contributed by atoms with Crippen molar-refractivity contribution in [3.63, 3.8) is 0 Å². The van der Waals surface area contributed by atoms with Crippen LogP contribution in [-0.2, 0) is 0 Å². The zero-order chi connectivity index (χ0) is 12.7. The highest BCUT2D eigenvalue weighted by Gasteiger charge is 2.21. The van der Waals surface area contributed by atoms with E-state index in [0.717, 1.165) is 25.9 Å². The Bertz CT molecular complexity index is 245. The maximum Gasteiger partial charge on any atom is 0.139 e. The van der Waals surface area contributed by atoms with Gasteiger partial charge in [0, 0.05) is 32.1 Å². The van der Waals surface area contributed by atoms with Gasteiger partial charge in [-0.2, -0.15) is 0 Å². The molecule has 1 atom stereocenters. The summed E-state index contributed by atoms with van der Waals surface area (Å²) in [4.78, 5) is 4.98. The predicted octanol–water partition coefficient (Wildman–Crippen LogP) is 0.929. The molecule has 0 aromatic rings. The van der Waals surface area contributed by atoms with Crippen molar-refractivity contribution in [2.75, 3.05) is 33.2 Å². The van der Waals surface area contributed by atoms with Gasteiger partial charge in [0.2, 0.25) is 0 Å². The number of likely N-dealkylation sites (N-methyl/N-ethyl adjacent to an activating group) is 1. The van der Waals surface area contributed by atoms with Crippen LogP contribution in [0, 0.1) is 0 Å². The number of amidine groups is 1. The predicted molar refractivity (Wildman–Crippen MR) is 70.4 cm³/mol. The van der Waals surface area contributed by atoms with Gasteiger partial charge in [0.15, 0.2) is 0 Å². The van der Waals surface area contributed by atoms with Crippen LogP contribution in [0.1, 0.15) is 32.6 Å². The molecule has 1 unspecified atom stereocenters. The number of oxime groups is 1. The SMILES string of the molecule is CCC1CN(CCCCC(N)=NO)CCN1C. The minimum Gasteiger partial charge on any atom is -0.409 e. The molecule has 0 saturated carbocycles. The molecule has 5 heteroatoms. The Morgan fingerprint density at radius 3 is 2.82 bits per heavy atom. The normalized spacial score (nSPS) is 24.1. The molecule has 5 nitrogen and oxygen atoms in total. The molecule has 0 aromatic heterocycles. The van der Waals surface area contributed by atoms with E-state index in [1.165, 1.54) is 19.5 Å². The monoisotopic (exact) mass is 242 g/mol. The van der Waals surface area contributed by atoms with Gasteiger partial charge in [0.1, 0.15) is 5.84 Å². The van der Waals surface area contributed by atoms with Crippen LogP contribution < -0.4 is 5.73 Å². The van der Waals surface area contributed by atoms with E-state index in [1.54, 1.807) is 0 Å². The summed E-state index contributed by atoms with van der Waals surface area (Å²) in [5, 5.41) is 11.4. The van der Waals surface area contributed by atoms with Gasteiger partial charge in [-0.3, -0.25) is 0 Å². The zero-order valence-corrected chi connectivity index (χ0v) is 11.1. The van der Waals surface area contributed by atoms with Crippen molar-refractivity contribution in [2.24, 2.45) is 10.9 Å². The molecule has 1 heterocycles. The first-order chi connectivity index (χ1) is 8.17. The average Bonchev–Trinajstić information content (AvgIpc) is 2.36. The van der Waals surface area contributed by atoms with Crippen LogP contribution in [0.15, 0.2) is 5.16 Å². The molecule has 3 N–H and O–H groups in total. The molecule has 0 aromatic carbocycles. The molecule has 0 radical (unpaired) electrons. The van der Waals surface area contributed by atoms with E-state index in [-0.39, 0.29) is 0 Å². The topological polar surface area (TPSA) is 65.1 Å². The second kappa shape index (κ2) is 7.50. The van der Waals surface area contributed by atoms with Crippen molar-refractivity contribution >= 4 is 5.84 Å².